The van der Waals surface area contributed by atoms with Crippen LogP contribution in [-0.4, -0.2) is 59.0 Å². The zero-order valence-corrected chi connectivity index (χ0v) is 15.5. The average molecular weight is 377 g/mol. The molecule has 2 aromatic rings. The largest absolute Gasteiger partial charge is 0.389 e. The number of aromatic nitrogens is 2. The molecule has 1 aliphatic heterocycles. The maximum absolute atomic E-state index is 13.8. The summed E-state index contributed by atoms with van der Waals surface area (Å²) in [6, 6.07) is 6.19. The molecule has 1 aromatic carbocycles. The van der Waals surface area contributed by atoms with Crippen molar-refractivity contribution in [3.8, 4) is 0 Å². The van der Waals surface area contributed by atoms with Crippen LogP contribution in [0, 0.1) is 5.82 Å². The zero-order valence-electron chi connectivity index (χ0n) is 15.5. The Balaban J connectivity index is 1.49. The molecule has 0 atom stereocenters. The third-order valence-corrected chi connectivity index (χ3v) is 4.71. The maximum Gasteiger partial charge on any atom is 0.317 e. The van der Waals surface area contributed by atoms with Crippen molar-refractivity contribution in [3.63, 3.8) is 0 Å². The summed E-state index contributed by atoms with van der Waals surface area (Å²) < 4.78 is 18.9. The number of carbonyl (C=O) groups excluding carboxylic acids is 1. The number of amides is 2. The van der Waals surface area contributed by atoms with E-state index in [1.165, 1.54) is 6.07 Å². The van der Waals surface area contributed by atoms with Gasteiger partial charge in [-0.05, 0) is 29.6 Å². The summed E-state index contributed by atoms with van der Waals surface area (Å²) in [5.74, 6) is 0.443. The number of nitrogens with zero attached hydrogens (tertiary/aromatic N) is 4. The number of rotatable bonds is 5. The minimum atomic E-state index is -1.01. The summed E-state index contributed by atoms with van der Waals surface area (Å²) in [4.78, 5) is 19.8. The van der Waals surface area contributed by atoms with Gasteiger partial charge in [0.15, 0.2) is 0 Å². The van der Waals surface area contributed by atoms with E-state index in [-0.39, 0.29) is 24.8 Å². The van der Waals surface area contributed by atoms with Crippen molar-refractivity contribution >= 4 is 12.0 Å². The van der Waals surface area contributed by atoms with E-state index in [0.29, 0.717) is 43.3 Å². The van der Waals surface area contributed by atoms with Gasteiger partial charge in [0, 0.05) is 33.6 Å². The van der Waals surface area contributed by atoms with E-state index in [0.717, 1.165) is 0 Å². The van der Waals surface area contributed by atoms with E-state index >= 15 is 0 Å². The van der Waals surface area contributed by atoms with Crippen molar-refractivity contribution in [1.29, 1.82) is 0 Å². The van der Waals surface area contributed by atoms with E-state index in [1.54, 1.807) is 42.1 Å². The molecule has 2 heterocycles. The molecule has 27 heavy (non-hydrogen) atoms. The number of aliphatic hydroxyl groups is 1. The number of benzene rings is 1. The number of halogens is 1. The predicted molar refractivity (Wildman–Crippen MR) is 96.7 cm³/mol. The molecule has 1 fully saturated rings. The molecular weight excluding hydrogens is 353 g/mol. The zero-order chi connectivity index (χ0) is 19.4. The average Bonchev–Trinajstić information content (AvgIpc) is 3.12. The van der Waals surface area contributed by atoms with E-state index in [1.807, 2.05) is 0 Å². The number of piperidine rings is 1. The van der Waals surface area contributed by atoms with Crippen molar-refractivity contribution in [2.24, 2.45) is 0 Å². The molecule has 0 saturated carbocycles. The Labute approximate surface area is 157 Å². The number of urea groups is 1. The van der Waals surface area contributed by atoms with Crippen LogP contribution >= 0.6 is 0 Å². The van der Waals surface area contributed by atoms with Gasteiger partial charge < -0.3 is 24.7 Å². The second-order valence-electron chi connectivity index (χ2n) is 7.02. The highest BCUT2D eigenvalue weighted by atomic mass is 19.1. The lowest BCUT2D eigenvalue weighted by atomic mass is 9.85. The van der Waals surface area contributed by atoms with E-state index in [9.17, 15) is 14.3 Å². The minimum Gasteiger partial charge on any atom is -0.389 e. The van der Waals surface area contributed by atoms with Gasteiger partial charge in [-0.25, -0.2) is 9.18 Å². The first kappa shape index (κ1) is 19.1. The van der Waals surface area contributed by atoms with E-state index in [2.05, 4.69) is 15.5 Å². The molecule has 3 rings (SSSR count). The van der Waals surface area contributed by atoms with Crippen molar-refractivity contribution in [1.82, 2.24) is 20.4 Å². The fourth-order valence-electron chi connectivity index (χ4n) is 3.06. The quantitative estimate of drug-likeness (QED) is 0.821. The van der Waals surface area contributed by atoms with Crippen LogP contribution in [0.15, 0.2) is 28.8 Å². The van der Waals surface area contributed by atoms with Crippen LogP contribution in [0.5, 0.6) is 0 Å². The number of hydrogen-bond donors (Lipinski definition) is 2. The lowest BCUT2D eigenvalue weighted by Gasteiger charge is -2.38. The first-order chi connectivity index (χ1) is 12.9. The van der Waals surface area contributed by atoms with Crippen LogP contribution in [0.1, 0.15) is 24.3 Å². The third kappa shape index (κ3) is 4.73. The fourth-order valence-corrected chi connectivity index (χ4v) is 3.06. The summed E-state index contributed by atoms with van der Waals surface area (Å²) >= 11 is 0. The Morgan fingerprint density at radius 3 is 2.70 bits per heavy atom. The number of likely N-dealkylation sites (tertiary alicyclic amines) is 1. The number of nitrogens with one attached hydrogen (secondary N) is 1. The van der Waals surface area contributed by atoms with Gasteiger partial charge in [-0.1, -0.05) is 18.2 Å². The molecule has 146 valence electrons. The smallest absolute Gasteiger partial charge is 0.317 e. The summed E-state index contributed by atoms with van der Waals surface area (Å²) in [5, 5.41) is 17.3. The Morgan fingerprint density at radius 2 is 2.07 bits per heavy atom. The molecule has 2 amide bonds. The lowest BCUT2D eigenvalue weighted by molar-refractivity contribution is -0.0122. The molecule has 0 aliphatic carbocycles. The third-order valence-electron chi connectivity index (χ3n) is 4.71. The maximum atomic E-state index is 13.8. The monoisotopic (exact) mass is 377 g/mol. The Kier molecular flexibility index (Phi) is 5.59. The van der Waals surface area contributed by atoms with Crippen molar-refractivity contribution in [2.75, 3.05) is 32.1 Å². The predicted octanol–water partition coefficient (Wildman–Crippen LogP) is 1.55. The van der Waals surface area contributed by atoms with Gasteiger partial charge in [0.2, 0.25) is 5.89 Å². The number of carbonyl (C=O) groups is 1. The lowest BCUT2D eigenvalue weighted by Crippen LogP contribution is -2.50. The van der Waals surface area contributed by atoms with Gasteiger partial charge in [0.1, 0.15) is 5.82 Å². The molecule has 2 N–H and O–H groups in total. The summed E-state index contributed by atoms with van der Waals surface area (Å²) in [6.45, 7) is 0.919. The molecule has 1 aromatic heterocycles. The summed E-state index contributed by atoms with van der Waals surface area (Å²) in [5.41, 5.74) is -0.516. The second kappa shape index (κ2) is 7.91. The highest BCUT2D eigenvalue weighted by Gasteiger charge is 2.34. The molecule has 0 spiro atoms. The van der Waals surface area contributed by atoms with E-state index in [4.69, 9.17) is 4.52 Å². The van der Waals surface area contributed by atoms with Crippen LogP contribution in [0.2, 0.25) is 0 Å². The number of hydrogen-bond acceptors (Lipinski definition) is 6. The molecule has 8 nitrogen and oxygen atoms in total. The topological polar surface area (TPSA) is 94.7 Å². The molecule has 1 aliphatic rings. The molecular formula is C18H24FN5O3. The van der Waals surface area contributed by atoms with E-state index < -0.39 is 5.60 Å². The van der Waals surface area contributed by atoms with Crippen molar-refractivity contribution < 1.29 is 18.8 Å². The molecule has 0 radical (unpaired) electrons. The Hall–Kier alpha value is -2.68. The fraction of sp³-hybridized carbons (Fsp3) is 0.500. The number of anilines is 1. The van der Waals surface area contributed by atoms with Gasteiger partial charge in [0.05, 0.1) is 12.1 Å². The Bertz CT molecular complexity index is 787. The highest BCUT2D eigenvalue weighted by molar-refractivity contribution is 5.74. The second-order valence-corrected chi connectivity index (χ2v) is 7.02. The van der Waals surface area contributed by atoms with Gasteiger partial charge in [-0.2, -0.15) is 4.98 Å². The molecule has 9 heteroatoms. The summed E-state index contributed by atoms with van der Waals surface area (Å²) in [7, 11) is 3.59. The van der Waals surface area contributed by atoms with Crippen LogP contribution in [0.3, 0.4) is 0 Å². The first-order valence-corrected chi connectivity index (χ1v) is 8.85. The van der Waals surface area contributed by atoms with Crippen LogP contribution in [-0.2, 0) is 13.0 Å². The van der Waals surface area contributed by atoms with Crippen LogP contribution < -0.4 is 10.2 Å². The minimum absolute atomic E-state index is 0.135. The van der Waals surface area contributed by atoms with Gasteiger partial charge in [-0.3, -0.25) is 0 Å². The van der Waals surface area contributed by atoms with Crippen LogP contribution in [0.25, 0.3) is 0 Å². The van der Waals surface area contributed by atoms with Gasteiger partial charge in [-0.15, -0.1) is 0 Å². The highest BCUT2D eigenvalue weighted by Crippen LogP contribution is 2.27. The van der Waals surface area contributed by atoms with Gasteiger partial charge >= 0.3 is 6.03 Å². The molecule has 0 unspecified atom stereocenters. The standard InChI is InChI=1S/C18H24FN5O3/c1-23(2)16-21-15(27-22-16)12-20-17(25)24-9-7-18(26,8-10-24)11-13-5-3-4-6-14(13)19/h3-6,26H,7-12H2,1-2H3,(H,20,25). The summed E-state index contributed by atoms with van der Waals surface area (Å²) in [6.07, 6.45) is 1.02. The molecule has 1 saturated heterocycles. The SMILES string of the molecule is CN(C)c1noc(CNC(=O)N2CCC(O)(Cc3ccccc3F)CC2)n1. The first-order valence-electron chi connectivity index (χ1n) is 8.85. The van der Waals surface area contributed by atoms with Crippen molar-refractivity contribution in [3.05, 3.63) is 41.5 Å². The Morgan fingerprint density at radius 1 is 1.37 bits per heavy atom. The van der Waals surface area contributed by atoms with Crippen molar-refractivity contribution in [2.45, 2.75) is 31.4 Å². The normalized spacial score (nSPS) is 16.2. The van der Waals surface area contributed by atoms with Gasteiger partial charge in [0.25, 0.3) is 5.95 Å². The molecule has 0 bridgehead atoms. The van der Waals surface area contributed by atoms with Crippen LogP contribution in [0.4, 0.5) is 15.1 Å².